The number of nitrogens with one attached hydrogen (secondary N) is 1. The van der Waals surface area contributed by atoms with E-state index in [2.05, 4.69) is 21.2 Å². The molecule has 0 bridgehead atoms. The molecular formula is C13H15BrN2O3S2. The lowest BCUT2D eigenvalue weighted by molar-refractivity contribution is -0.116. The number of benzene rings is 1. The van der Waals surface area contributed by atoms with Crippen molar-refractivity contribution in [1.82, 2.24) is 0 Å². The first-order valence-corrected chi connectivity index (χ1v) is 9.35. The van der Waals surface area contributed by atoms with Crippen molar-refractivity contribution in [3.05, 3.63) is 28.2 Å². The minimum Gasteiger partial charge on any atom is -0.389 e. The highest BCUT2D eigenvalue weighted by atomic mass is 79.9. The van der Waals surface area contributed by atoms with Crippen molar-refractivity contribution in [3.8, 4) is 0 Å². The van der Waals surface area contributed by atoms with E-state index in [4.69, 9.17) is 18.0 Å². The number of hydrogen-bond donors (Lipinski definition) is 2. The highest BCUT2D eigenvalue weighted by Gasteiger charge is 2.34. The quantitative estimate of drug-likeness (QED) is 0.770. The lowest BCUT2D eigenvalue weighted by Crippen LogP contribution is -2.39. The number of carbonyl (C=O) groups is 1. The summed E-state index contributed by atoms with van der Waals surface area (Å²) < 4.78 is 24.5. The maximum absolute atomic E-state index is 12.2. The zero-order valence-electron chi connectivity index (χ0n) is 11.1. The molecule has 1 aromatic carbocycles. The van der Waals surface area contributed by atoms with E-state index in [-0.39, 0.29) is 10.7 Å². The third kappa shape index (κ3) is 3.81. The smallest absolute Gasteiger partial charge is 0.242 e. The topological polar surface area (TPSA) is 89.3 Å². The average Bonchev–Trinajstić information content (AvgIpc) is 2.40. The van der Waals surface area contributed by atoms with Crippen LogP contribution in [0.1, 0.15) is 24.8 Å². The third-order valence-corrected chi connectivity index (χ3v) is 6.45. The summed E-state index contributed by atoms with van der Waals surface area (Å²) in [5.41, 5.74) is 6.70. The Morgan fingerprint density at radius 1 is 1.38 bits per heavy atom. The number of anilines is 1. The summed E-state index contributed by atoms with van der Waals surface area (Å²) in [5.74, 6) is -0.411. The Morgan fingerprint density at radius 3 is 2.67 bits per heavy atom. The minimum absolute atomic E-state index is 0.0760. The van der Waals surface area contributed by atoms with Crippen LogP contribution in [-0.4, -0.2) is 30.3 Å². The predicted molar refractivity (Wildman–Crippen MR) is 90.1 cm³/mol. The number of hydrogen-bond acceptors (Lipinski definition) is 4. The molecule has 0 saturated carbocycles. The molecule has 5 nitrogen and oxygen atoms in total. The van der Waals surface area contributed by atoms with Crippen LogP contribution in [0, 0.1) is 0 Å². The second-order valence-corrected chi connectivity index (χ2v) is 8.50. The van der Waals surface area contributed by atoms with Crippen LogP contribution in [0.3, 0.4) is 0 Å². The van der Waals surface area contributed by atoms with Gasteiger partial charge in [0, 0.05) is 10.0 Å². The Balaban J connectivity index is 2.18. The van der Waals surface area contributed by atoms with Crippen molar-refractivity contribution < 1.29 is 13.2 Å². The second-order valence-electron chi connectivity index (χ2n) is 4.90. The van der Waals surface area contributed by atoms with Crippen LogP contribution in [0.4, 0.5) is 5.69 Å². The number of nitrogens with two attached hydrogens (primary N) is 1. The van der Waals surface area contributed by atoms with Crippen LogP contribution in [0.5, 0.6) is 0 Å². The summed E-state index contributed by atoms with van der Waals surface area (Å²) in [6.45, 7) is 0. The van der Waals surface area contributed by atoms with E-state index in [0.29, 0.717) is 28.6 Å². The molecule has 1 amide bonds. The Morgan fingerprint density at radius 2 is 2.10 bits per heavy atom. The van der Waals surface area contributed by atoms with E-state index < -0.39 is 21.0 Å². The first-order chi connectivity index (χ1) is 9.81. The van der Waals surface area contributed by atoms with Crippen molar-refractivity contribution in [2.75, 3.05) is 11.1 Å². The molecule has 1 saturated heterocycles. The zero-order chi connectivity index (χ0) is 15.6. The van der Waals surface area contributed by atoms with Crippen LogP contribution in [-0.2, 0) is 14.6 Å². The molecular weight excluding hydrogens is 376 g/mol. The van der Waals surface area contributed by atoms with Crippen LogP contribution < -0.4 is 11.1 Å². The summed E-state index contributed by atoms with van der Waals surface area (Å²) in [4.78, 5) is 12.4. The molecule has 8 heteroatoms. The van der Waals surface area contributed by atoms with Gasteiger partial charge in [0.05, 0.1) is 11.4 Å². The molecule has 0 radical (unpaired) electrons. The molecule has 3 N–H and O–H groups in total. The SMILES string of the molecule is NC(=S)c1ccc(NC(=O)C2CCCCS2(=O)=O)c(Br)c1. The highest BCUT2D eigenvalue weighted by Crippen LogP contribution is 2.26. The van der Waals surface area contributed by atoms with Crippen molar-refractivity contribution in [1.29, 1.82) is 0 Å². The monoisotopic (exact) mass is 390 g/mol. The van der Waals surface area contributed by atoms with Gasteiger partial charge in [-0.05, 0) is 47.0 Å². The van der Waals surface area contributed by atoms with Gasteiger partial charge in [-0.15, -0.1) is 0 Å². The maximum atomic E-state index is 12.2. The van der Waals surface area contributed by atoms with Gasteiger partial charge in [-0.25, -0.2) is 8.42 Å². The standard InChI is InChI=1S/C13H15BrN2O3S2/c14-9-7-8(12(15)20)4-5-10(9)16-13(17)11-3-1-2-6-21(11,18)19/h4-5,7,11H,1-3,6H2,(H2,15,20)(H,16,17). The van der Waals surface area contributed by atoms with Crippen molar-refractivity contribution in [2.45, 2.75) is 24.5 Å². The van der Waals surface area contributed by atoms with Gasteiger partial charge in [-0.3, -0.25) is 4.79 Å². The first kappa shape index (κ1) is 16.4. The van der Waals surface area contributed by atoms with Gasteiger partial charge in [0.25, 0.3) is 0 Å². The van der Waals surface area contributed by atoms with Crippen LogP contribution in [0.2, 0.25) is 0 Å². The molecule has 1 atom stereocenters. The van der Waals surface area contributed by atoms with Gasteiger partial charge in [-0.1, -0.05) is 18.6 Å². The zero-order valence-corrected chi connectivity index (χ0v) is 14.4. The summed E-state index contributed by atoms with van der Waals surface area (Å²) in [5, 5.41) is 1.69. The summed E-state index contributed by atoms with van der Waals surface area (Å²) >= 11 is 8.19. The molecule has 114 valence electrons. The fourth-order valence-electron chi connectivity index (χ4n) is 2.23. The van der Waals surface area contributed by atoms with E-state index in [9.17, 15) is 13.2 Å². The van der Waals surface area contributed by atoms with Gasteiger partial charge in [0.2, 0.25) is 5.91 Å². The Kier molecular flexibility index (Phi) is 5.00. The molecule has 1 fully saturated rings. The van der Waals surface area contributed by atoms with Crippen molar-refractivity contribution in [3.63, 3.8) is 0 Å². The number of amides is 1. The lowest BCUT2D eigenvalue weighted by atomic mass is 10.1. The average molecular weight is 391 g/mol. The second kappa shape index (κ2) is 6.41. The van der Waals surface area contributed by atoms with E-state index >= 15 is 0 Å². The van der Waals surface area contributed by atoms with E-state index in [1.807, 2.05) is 0 Å². The molecule has 21 heavy (non-hydrogen) atoms. The molecule has 1 unspecified atom stereocenters. The number of rotatable bonds is 3. The van der Waals surface area contributed by atoms with Crippen LogP contribution >= 0.6 is 28.1 Å². The normalized spacial score (nSPS) is 20.7. The summed E-state index contributed by atoms with van der Waals surface area (Å²) in [7, 11) is -3.35. The van der Waals surface area contributed by atoms with Gasteiger partial charge in [0.15, 0.2) is 9.84 Å². The van der Waals surface area contributed by atoms with Gasteiger partial charge < -0.3 is 11.1 Å². The number of thiocarbonyl (C=S) groups is 1. The van der Waals surface area contributed by atoms with Crippen LogP contribution in [0.15, 0.2) is 22.7 Å². The first-order valence-electron chi connectivity index (χ1n) is 6.43. The molecule has 2 rings (SSSR count). The highest BCUT2D eigenvalue weighted by molar-refractivity contribution is 9.10. The molecule has 1 aliphatic rings. The van der Waals surface area contributed by atoms with E-state index in [0.717, 1.165) is 6.42 Å². The van der Waals surface area contributed by atoms with Gasteiger partial charge in [0.1, 0.15) is 10.2 Å². The largest absolute Gasteiger partial charge is 0.389 e. The van der Waals surface area contributed by atoms with Crippen molar-refractivity contribution in [2.24, 2.45) is 5.73 Å². The number of sulfone groups is 1. The molecule has 1 aliphatic heterocycles. The third-order valence-electron chi connectivity index (χ3n) is 3.38. The molecule has 0 spiro atoms. The Bertz CT molecular complexity index is 689. The summed E-state index contributed by atoms with van der Waals surface area (Å²) in [6.07, 6.45) is 1.74. The molecule has 0 aliphatic carbocycles. The Labute approximate surface area is 137 Å². The molecule has 1 aromatic rings. The Hall–Kier alpha value is -0.990. The van der Waals surface area contributed by atoms with Gasteiger partial charge >= 0.3 is 0 Å². The fourth-order valence-corrected chi connectivity index (χ4v) is 4.64. The lowest BCUT2D eigenvalue weighted by Gasteiger charge is -2.21. The summed E-state index contributed by atoms with van der Waals surface area (Å²) in [6, 6.07) is 5.01. The van der Waals surface area contributed by atoms with E-state index in [1.54, 1.807) is 18.2 Å². The maximum Gasteiger partial charge on any atom is 0.242 e. The van der Waals surface area contributed by atoms with E-state index in [1.165, 1.54) is 0 Å². The molecule has 0 aromatic heterocycles. The molecule has 1 heterocycles. The fraction of sp³-hybridized carbons (Fsp3) is 0.385. The predicted octanol–water partition coefficient (Wildman–Crippen LogP) is 1.99. The van der Waals surface area contributed by atoms with Crippen LogP contribution in [0.25, 0.3) is 0 Å². The van der Waals surface area contributed by atoms with Gasteiger partial charge in [-0.2, -0.15) is 0 Å². The minimum atomic E-state index is -3.35. The number of halogens is 1. The number of carbonyl (C=O) groups excluding carboxylic acids is 1. The van der Waals surface area contributed by atoms with Crippen molar-refractivity contribution >= 4 is 54.6 Å².